The van der Waals surface area contributed by atoms with Crippen LogP contribution in [0.3, 0.4) is 0 Å². The summed E-state index contributed by atoms with van der Waals surface area (Å²) in [6, 6.07) is 16.6. The second-order valence-corrected chi connectivity index (χ2v) is 11.7. The number of carbonyl (C=O) groups excluding carboxylic acids is 1. The highest BCUT2D eigenvalue weighted by Gasteiger charge is 2.28. The lowest BCUT2D eigenvalue weighted by Gasteiger charge is -2.14. The molecular weight excluding hydrogens is 690 g/mol. The maximum atomic E-state index is 12.3. The summed E-state index contributed by atoms with van der Waals surface area (Å²) in [5.74, 6) is 0.0501. The summed E-state index contributed by atoms with van der Waals surface area (Å²) >= 11 is 0. The Balaban J connectivity index is 0.952. The van der Waals surface area contributed by atoms with E-state index in [0.717, 1.165) is 0 Å². The van der Waals surface area contributed by atoms with Gasteiger partial charge in [0.2, 0.25) is 0 Å². The number of nitrogens with one attached hydrogen (secondary N) is 1. The molecule has 0 fully saturated rings. The minimum atomic E-state index is -0.415. The lowest BCUT2D eigenvalue weighted by molar-refractivity contribution is -0.0271. The largest absolute Gasteiger partial charge is 0.449 e. The number of hydrogen-bond donors (Lipinski definition) is 1. The minimum Gasteiger partial charge on any atom is -0.449 e. The van der Waals surface area contributed by atoms with Gasteiger partial charge in [0.15, 0.2) is 0 Å². The zero-order valence-electron chi connectivity index (χ0n) is 31.5. The average molecular weight is 752 g/mol. The molecule has 3 rings (SSSR count). The Morgan fingerprint density at radius 2 is 0.792 bits per heavy atom. The van der Waals surface area contributed by atoms with Gasteiger partial charge in [-0.15, -0.1) is 0 Å². The van der Waals surface area contributed by atoms with Crippen molar-refractivity contribution in [3.05, 3.63) is 59.7 Å². The molecule has 1 aliphatic carbocycles. The monoisotopic (exact) mass is 751 g/mol. The molecule has 0 radical (unpaired) electrons. The molecule has 1 N–H and O–H groups in total. The van der Waals surface area contributed by atoms with E-state index in [2.05, 4.69) is 29.6 Å². The van der Waals surface area contributed by atoms with Crippen LogP contribution in [0.5, 0.6) is 0 Å². The number of alkyl carbamates (subject to hydrolysis) is 1. The molecule has 0 spiro atoms. The molecule has 0 aromatic heterocycles. The van der Waals surface area contributed by atoms with E-state index < -0.39 is 6.09 Å². The SMILES string of the molecule is COCCOCCOCCOCCOCCOCCOCCOCCOCCOCCOCCCNC(=O)OCC1c2ccccc2-c2ccccc21. The average Bonchev–Trinajstić information content (AvgIpc) is 3.50. The topological polar surface area (TPSA) is 140 Å². The highest BCUT2D eigenvalue weighted by atomic mass is 16.6. The second kappa shape index (κ2) is 31.6. The van der Waals surface area contributed by atoms with Crippen molar-refractivity contribution < 1.29 is 61.6 Å². The fourth-order valence-electron chi connectivity index (χ4n) is 5.24. The van der Waals surface area contributed by atoms with Crippen molar-refractivity contribution in [1.29, 1.82) is 0 Å². The Morgan fingerprint density at radius 1 is 0.472 bits per heavy atom. The number of ether oxygens (including phenoxy) is 12. The third kappa shape index (κ3) is 21.1. The van der Waals surface area contributed by atoms with E-state index in [1.807, 2.05) is 24.3 Å². The minimum absolute atomic E-state index is 0.0501. The Hall–Kier alpha value is -2.73. The standard InChI is InChI=1S/C39H61NO13/c1-42-13-14-44-17-18-46-21-22-48-25-26-50-29-30-52-32-31-51-28-27-49-24-23-47-20-19-45-16-15-43-12-6-11-40-39(41)53-33-38-36-9-4-2-7-34(36)35-8-3-5-10-37(35)38/h2-5,7-10,38H,6,11-33H2,1H3,(H,40,41). The molecule has 0 aliphatic heterocycles. The van der Waals surface area contributed by atoms with Crippen LogP contribution in [0.1, 0.15) is 23.5 Å². The number of benzene rings is 2. The Labute approximate surface area is 314 Å². The van der Waals surface area contributed by atoms with Crippen molar-refractivity contribution in [2.45, 2.75) is 12.3 Å². The van der Waals surface area contributed by atoms with Crippen LogP contribution >= 0.6 is 0 Å². The summed E-state index contributed by atoms with van der Waals surface area (Å²) in [5.41, 5.74) is 4.81. The maximum Gasteiger partial charge on any atom is 0.407 e. The number of methoxy groups -OCH3 is 1. The summed E-state index contributed by atoms with van der Waals surface area (Å²) in [7, 11) is 1.64. The lowest BCUT2D eigenvalue weighted by Crippen LogP contribution is -2.27. The summed E-state index contributed by atoms with van der Waals surface area (Å²) in [6.07, 6.45) is 0.271. The van der Waals surface area contributed by atoms with Gasteiger partial charge < -0.3 is 62.2 Å². The fraction of sp³-hybridized carbons (Fsp3) is 0.667. The number of rotatable bonds is 36. The van der Waals surface area contributed by atoms with Crippen molar-refractivity contribution in [3.8, 4) is 11.1 Å². The summed E-state index contributed by atoms with van der Waals surface area (Å²) in [4.78, 5) is 12.3. The molecule has 14 nitrogen and oxygen atoms in total. The first kappa shape index (κ1) is 44.7. The summed E-state index contributed by atoms with van der Waals surface area (Å²) < 4.78 is 65.2. The Kier molecular flexibility index (Phi) is 26.6. The van der Waals surface area contributed by atoms with Crippen LogP contribution in [-0.2, 0) is 56.8 Å². The molecule has 2 aromatic rings. The lowest BCUT2D eigenvalue weighted by atomic mass is 9.98. The molecule has 0 atom stereocenters. The van der Waals surface area contributed by atoms with Crippen LogP contribution in [0, 0.1) is 0 Å². The number of carbonyl (C=O) groups is 1. The van der Waals surface area contributed by atoms with E-state index >= 15 is 0 Å². The van der Waals surface area contributed by atoms with Crippen molar-refractivity contribution in [3.63, 3.8) is 0 Å². The summed E-state index contributed by atoms with van der Waals surface area (Å²) in [6.45, 7) is 11.6. The van der Waals surface area contributed by atoms with E-state index in [1.165, 1.54) is 22.3 Å². The molecule has 14 heteroatoms. The number of hydrogen-bond acceptors (Lipinski definition) is 13. The first-order valence-electron chi connectivity index (χ1n) is 18.7. The predicted molar refractivity (Wildman–Crippen MR) is 198 cm³/mol. The molecule has 53 heavy (non-hydrogen) atoms. The molecule has 0 bridgehead atoms. The first-order valence-corrected chi connectivity index (χ1v) is 18.7. The van der Waals surface area contributed by atoms with Gasteiger partial charge in [-0.25, -0.2) is 4.79 Å². The van der Waals surface area contributed by atoms with E-state index in [-0.39, 0.29) is 5.92 Å². The predicted octanol–water partition coefficient (Wildman–Crippen LogP) is 3.73. The second-order valence-electron chi connectivity index (χ2n) is 11.7. The van der Waals surface area contributed by atoms with E-state index in [0.29, 0.717) is 158 Å². The van der Waals surface area contributed by atoms with Crippen molar-refractivity contribution in [2.75, 3.05) is 159 Å². The molecular formula is C39H61NO13. The molecule has 1 aliphatic rings. The van der Waals surface area contributed by atoms with E-state index in [4.69, 9.17) is 56.8 Å². The van der Waals surface area contributed by atoms with Gasteiger partial charge in [-0.2, -0.15) is 0 Å². The molecule has 0 heterocycles. The van der Waals surface area contributed by atoms with Gasteiger partial charge in [0.05, 0.1) is 132 Å². The third-order valence-corrected chi connectivity index (χ3v) is 7.86. The van der Waals surface area contributed by atoms with E-state index in [9.17, 15) is 4.79 Å². The quantitative estimate of drug-likeness (QED) is 0.101. The van der Waals surface area contributed by atoms with Crippen molar-refractivity contribution >= 4 is 6.09 Å². The maximum absolute atomic E-state index is 12.3. The van der Waals surface area contributed by atoms with Gasteiger partial charge >= 0.3 is 6.09 Å². The molecule has 1 amide bonds. The van der Waals surface area contributed by atoms with Crippen LogP contribution in [0.15, 0.2) is 48.5 Å². The van der Waals surface area contributed by atoms with Crippen LogP contribution in [-0.4, -0.2) is 165 Å². The smallest absolute Gasteiger partial charge is 0.407 e. The summed E-state index contributed by atoms with van der Waals surface area (Å²) in [5, 5.41) is 2.81. The van der Waals surface area contributed by atoms with Gasteiger partial charge in [-0.05, 0) is 28.7 Å². The van der Waals surface area contributed by atoms with Gasteiger partial charge in [-0.1, -0.05) is 48.5 Å². The number of amides is 1. The van der Waals surface area contributed by atoms with Crippen LogP contribution < -0.4 is 5.32 Å². The third-order valence-electron chi connectivity index (χ3n) is 7.86. The fourth-order valence-corrected chi connectivity index (χ4v) is 5.24. The molecule has 0 saturated carbocycles. The Morgan fingerprint density at radius 3 is 1.15 bits per heavy atom. The van der Waals surface area contributed by atoms with Gasteiger partial charge in [0, 0.05) is 26.2 Å². The number of fused-ring (bicyclic) bond motifs is 3. The van der Waals surface area contributed by atoms with Crippen LogP contribution in [0.2, 0.25) is 0 Å². The molecule has 2 aromatic carbocycles. The van der Waals surface area contributed by atoms with Gasteiger partial charge in [0.25, 0.3) is 0 Å². The first-order chi connectivity index (χ1) is 26.3. The molecule has 300 valence electrons. The van der Waals surface area contributed by atoms with Crippen molar-refractivity contribution in [2.24, 2.45) is 0 Å². The zero-order valence-corrected chi connectivity index (χ0v) is 31.5. The zero-order chi connectivity index (χ0) is 37.3. The van der Waals surface area contributed by atoms with Gasteiger partial charge in [0.1, 0.15) is 6.61 Å². The van der Waals surface area contributed by atoms with Crippen molar-refractivity contribution in [1.82, 2.24) is 5.32 Å². The van der Waals surface area contributed by atoms with E-state index in [1.54, 1.807) is 7.11 Å². The van der Waals surface area contributed by atoms with Crippen LogP contribution in [0.4, 0.5) is 4.79 Å². The van der Waals surface area contributed by atoms with Crippen LogP contribution in [0.25, 0.3) is 11.1 Å². The normalized spacial score (nSPS) is 12.2. The Bertz CT molecular complexity index is 1130. The van der Waals surface area contributed by atoms with Gasteiger partial charge in [-0.3, -0.25) is 0 Å². The molecule has 0 saturated heterocycles. The highest BCUT2D eigenvalue weighted by Crippen LogP contribution is 2.44. The highest BCUT2D eigenvalue weighted by molar-refractivity contribution is 5.79. The molecule has 0 unspecified atom stereocenters.